The minimum absolute atomic E-state index is 0.0111. The molecular weight excluding hydrogens is 494 g/mol. The first-order valence-electron chi connectivity index (χ1n) is 10.9. The third-order valence-corrected chi connectivity index (χ3v) is 6.71. The summed E-state index contributed by atoms with van der Waals surface area (Å²) in [6.45, 7) is -0.0111. The number of aromatic nitrogens is 3. The summed E-state index contributed by atoms with van der Waals surface area (Å²) in [5, 5.41) is 15.8. The average Bonchev–Trinajstić information content (AvgIpc) is 3.37. The summed E-state index contributed by atoms with van der Waals surface area (Å²) in [7, 11) is 0. The quantitative estimate of drug-likeness (QED) is 0.330. The largest absolute Gasteiger partial charge is 0.417 e. The van der Waals surface area contributed by atoms with Crippen LogP contribution in [0.1, 0.15) is 50.8 Å². The second kappa shape index (κ2) is 9.20. The summed E-state index contributed by atoms with van der Waals surface area (Å²) in [5.41, 5.74) is 2.16. The number of nitrogens with one attached hydrogen (secondary N) is 1. The number of alkyl halides is 3. The number of carbonyl (C=O) groups excluding carboxylic acids is 1. The molecule has 1 amide bonds. The van der Waals surface area contributed by atoms with Gasteiger partial charge in [0.05, 0.1) is 40.3 Å². The van der Waals surface area contributed by atoms with Crippen molar-refractivity contribution in [3.63, 3.8) is 0 Å². The van der Waals surface area contributed by atoms with E-state index in [0.29, 0.717) is 22.0 Å². The lowest BCUT2D eigenvalue weighted by Gasteiger charge is -2.10. The van der Waals surface area contributed by atoms with E-state index >= 15 is 0 Å². The molecule has 1 saturated carbocycles. The molecule has 0 unspecified atom stereocenters. The minimum Gasteiger partial charge on any atom is -0.347 e. The first-order valence-corrected chi connectivity index (χ1v) is 11.8. The number of amides is 1. The minimum atomic E-state index is -4.68. The van der Waals surface area contributed by atoms with Crippen molar-refractivity contribution in [3.8, 4) is 22.9 Å². The van der Waals surface area contributed by atoms with E-state index in [9.17, 15) is 22.4 Å². The van der Waals surface area contributed by atoms with Crippen molar-refractivity contribution in [1.29, 1.82) is 5.26 Å². The van der Waals surface area contributed by atoms with Crippen molar-refractivity contribution in [3.05, 3.63) is 87.4 Å². The van der Waals surface area contributed by atoms with Crippen LogP contribution in [0.4, 0.5) is 17.6 Å². The highest BCUT2D eigenvalue weighted by Crippen LogP contribution is 2.41. The highest BCUT2D eigenvalue weighted by atomic mass is 32.1. The molecule has 0 saturated heterocycles. The third kappa shape index (κ3) is 4.72. The Labute approximate surface area is 206 Å². The molecule has 0 bridgehead atoms. The molecule has 5 rings (SSSR count). The molecular formula is C25H17F4N5OS. The van der Waals surface area contributed by atoms with Gasteiger partial charge in [-0.1, -0.05) is 12.1 Å². The lowest BCUT2D eigenvalue weighted by atomic mass is 10.0. The number of nitrogens with zero attached hydrogens (tertiary/aromatic N) is 4. The van der Waals surface area contributed by atoms with Crippen molar-refractivity contribution in [1.82, 2.24) is 20.1 Å². The predicted octanol–water partition coefficient (Wildman–Crippen LogP) is 5.83. The van der Waals surface area contributed by atoms with Crippen molar-refractivity contribution < 1.29 is 22.4 Å². The zero-order valence-corrected chi connectivity index (χ0v) is 19.3. The monoisotopic (exact) mass is 511 g/mol. The smallest absolute Gasteiger partial charge is 0.347 e. The standard InChI is InChI=1S/C25H17F4N5OS/c26-21-8-19(6-5-17(21)10-31-24(35)23-22(14-1-2-14)32-13-36-23)34-12-18(11-33-34)15-3-4-16(9-30)20(7-15)25(27,28)29/h3-8,11-14H,1-2,10H2,(H,31,35). The summed E-state index contributed by atoms with van der Waals surface area (Å²) in [6.07, 6.45) is 0.194. The number of benzene rings is 2. The molecule has 6 nitrogen and oxygen atoms in total. The van der Waals surface area contributed by atoms with Crippen LogP contribution >= 0.6 is 11.3 Å². The molecule has 36 heavy (non-hydrogen) atoms. The van der Waals surface area contributed by atoms with E-state index in [-0.39, 0.29) is 23.6 Å². The van der Waals surface area contributed by atoms with Gasteiger partial charge in [-0.05, 0) is 42.7 Å². The fourth-order valence-corrected chi connectivity index (χ4v) is 4.61. The van der Waals surface area contributed by atoms with Crippen LogP contribution in [0.2, 0.25) is 0 Å². The van der Waals surface area contributed by atoms with Crippen LogP contribution in [0, 0.1) is 17.1 Å². The van der Waals surface area contributed by atoms with Gasteiger partial charge in [0, 0.05) is 29.8 Å². The van der Waals surface area contributed by atoms with E-state index in [4.69, 9.17) is 5.26 Å². The second-order valence-electron chi connectivity index (χ2n) is 8.34. The van der Waals surface area contributed by atoms with Crippen LogP contribution in [-0.4, -0.2) is 20.7 Å². The van der Waals surface area contributed by atoms with E-state index in [0.717, 1.165) is 30.7 Å². The number of nitriles is 1. The number of rotatable bonds is 6. The van der Waals surface area contributed by atoms with Crippen molar-refractivity contribution in [2.75, 3.05) is 0 Å². The Morgan fingerprint density at radius 3 is 2.69 bits per heavy atom. The Hall–Kier alpha value is -4.04. The van der Waals surface area contributed by atoms with E-state index in [1.165, 1.54) is 46.6 Å². The normalized spacial score (nSPS) is 13.4. The highest BCUT2D eigenvalue weighted by molar-refractivity contribution is 7.11. The van der Waals surface area contributed by atoms with E-state index in [2.05, 4.69) is 15.4 Å². The second-order valence-corrected chi connectivity index (χ2v) is 9.20. The first-order chi connectivity index (χ1) is 17.2. The molecule has 2 aromatic carbocycles. The molecule has 1 N–H and O–H groups in total. The predicted molar refractivity (Wildman–Crippen MR) is 124 cm³/mol. The Balaban J connectivity index is 1.31. The SMILES string of the molecule is N#Cc1ccc(-c2cnn(-c3ccc(CNC(=O)c4scnc4C4CC4)c(F)c3)c2)cc1C(F)(F)F. The van der Waals surface area contributed by atoms with Crippen LogP contribution in [0.15, 0.2) is 54.3 Å². The number of hydrogen-bond donors (Lipinski definition) is 1. The Morgan fingerprint density at radius 1 is 1.19 bits per heavy atom. The molecule has 1 fully saturated rings. The lowest BCUT2D eigenvalue weighted by molar-refractivity contribution is -0.137. The Morgan fingerprint density at radius 2 is 2.00 bits per heavy atom. The van der Waals surface area contributed by atoms with Crippen LogP contribution in [-0.2, 0) is 12.7 Å². The maximum Gasteiger partial charge on any atom is 0.417 e. The molecule has 11 heteroatoms. The maximum atomic E-state index is 14.8. The highest BCUT2D eigenvalue weighted by Gasteiger charge is 2.34. The van der Waals surface area contributed by atoms with Crippen LogP contribution < -0.4 is 5.32 Å². The van der Waals surface area contributed by atoms with Gasteiger partial charge in [0.25, 0.3) is 5.91 Å². The Kier molecular flexibility index (Phi) is 6.05. The number of halogens is 4. The fraction of sp³-hybridized carbons (Fsp3) is 0.200. The van der Waals surface area contributed by atoms with Crippen LogP contribution in [0.3, 0.4) is 0 Å². The first kappa shape index (κ1) is 23.7. The third-order valence-electron chi connectivity index (χ3n) is 5.87. The summed E-state index contributed by atoms with van der Waals surface area (Å²) >= 11 is 1.26. The van der Waals surface area contributed by atoms with Gasteiger partial charge in [-0.3, -0.25) is 4.79 Å². The number of hydrogen-bond acceptors (Lipinski definition) is 5. The molecule has 1 aliphatic carbocycles. The van der Waals surface area contributed by atoms with Gasteiger partial charge in [0.1, 0.15) is 10.7 Å². The van der Waals surface area contributed by atoms with Crippen molar-refractivity contribution in [2.45, 2.75) is 31.5 Å². The molecule has 2 aromatic heterocycles. The van der Waals surface area contributed by atoms with Gasteiger partial charge >= 0.3 is 6.18 Å². The van der Waals surface area contributed by atoms with E-state index < -0.39 is 23.1 Å². The van der Waals surface area contributed by atoms with Crippen LogP contribution in [0.25, 0.3) is 16.8 Å². The molecule has 1 aliphatic rings. The Bertz CT molecular complexity index is 1500. The molecule has 0 spiro atoms. The maximum absolute atomic E-state index is 14.8. The summed E-state index contributed by atoms with van der Waals surface area (Å²) < 4.78 is 56.0. The van der Waals surface area contributed by atoms with Gasteiger partial charge in [-0.25, -0.2) is 14.1 Å². The lowest BCUT2D eigenvalue weighted by Crippen LogP contribution is -2.23. The number of thiazole rings is 1. The molecule has 0 radical (unpaired) electrons. The van der Waals surface area contributed by atoms with Crippen molar-refractivity contribution >= 4 is 17.2 Å². The molecule has 182 valence electrons. The van der Waals surface area contributed by atoms with Crippen LogP contribution in [0.5, 0.6) is 0 Å². The van der Waals surface area contributed by atoms with E-state index in [1.54, 1.807) is 17.6 Å². The summed E-state index contributed by atoms with van der Waals surface area (Å²) in [4.78, 5) is 17.4. The van der Waals surface area contributed by atoms with Gasteiger partial charge in [-0.2, -0.15) is 23.5 Å². The zero-order chi connectivity index (χ0) is 25.4. The topological polar surface area (TPSA) is 83.6 Å². The van der Waals surface area contributed by atoms with Gasteiger partial charge in [0.15, 0.2) is 0 Å². The average molecular weight is 512 g/mol. The molecule has 0 aliphatic heterocycles. The zero-order valence-electron chi connectivity index (χ0n) is 18.5. The molecule has 2 heterocycles. The van der Waals surface area contributed by atoms with E-state index in [1.807, 2.05) is 0 Å². The van der Waals surface area contributed by atoms with Gasteiger partial charge in [0.2, 0.25) is 0 Å². The number of carbonyl (C=O) groups is 1. The molecule has 0 atom stereocenters. The van der Waals surface area contributed by atoms with Crippen molar-refractivity contribution in [2.24, 2.45) is 0 Å². The van der Waals surface area contributed by atoms with Gasteiger partial charge in [-0.15, -0.1) is 11.3 Å². The van der Waals surface area contributed by atoms with Gasteiger partial charge < -0.3 is 5.32 Å². The summed E-state index contributed by atoms with van der Waals surface area (Å²) in [6, 6.07) is 9.31. The summed E-state index contributed by atoms with van der Waals surface area (Å²) in [5.74, 6) is -0.522. The fourth-order valence-electron chi connectivity index (χ4n) is 3.82. The molecule has 4 aromatic rings.